The van der Waals surface area contributed by atoms with E-state index in [4.69, 9.17) is 0 Å². The highest BCUT2D eigenvalue weighted by molar-refractivity contribution is 5.92. The molecule has 2 unspecified atom stereocenters. The lowest BCUT2D eigenvalue weighted by molar-refractivity contribution is 0.600. The maximum absolute atomic E-state index is 10.0. The minimum absolute atomic E-state index is 0.0724. The summed E-state index contributed by atoms with van der Waals surface area (Å²) in [4.78, 5) is 0. The van der Waals surface area contributed by atoms with Crippen LogP contribution in [0.2, 0.25) is 0 Å². The van der Waals surface area contributed by atoms with Crippen LogP contribution in [-0.2, 0) is 12.8 Å². The average molecular weight is 621 g/mol. The fraction of sp³-hybridized carbons (Fsp3) is 0.182. The monoisotopic (exact) mass is 620 g/mol. The molecule has 0 fully saturated rings. The fourth-order valence-corrected chi connectivity index (χ4v) is 8.16. The number of hydrogen-bond donors (Lipinski definition) is 0. The number of nitrogens with zero attached hydrogens (tertiary/aromatic N) is 4. The second-order valence-corrected chi connectivity index (χ2v) is 12.9. The van der Waals surface area contributed by atoms with Crippen LogP contribution in [0.4, 0.5) is 0 Å². The van der Waals surface area contributed by atoms with Crippen molar-refractivity contribution in [2.45, 2.75) is 51.5 Å². The maximum Gasteiger partial charge on any atom is 0.0991 e. The molecule has 0 saturated carbocycles. The van der Waals surface area contributed by atoms with Crippen LogP contribution in [0.25, 0.3) is 44.7 Å². The topological polar surface area (TPSA) is 57.4 Å². The van der Waals surface area contributed by atoms with E-state index in [1.165, 1.54) is 50.1 Å². The molecule has 0 radical (unpaired) electrons. The van der Waals surface area contributed by atoms with Crippen LogP contribution in [0, 0.1) is 29.6 Å². The zero-order chi connectivity index (χ0) is 32.8. The van der Waals surface area contributed by atoms with Crippen molar-refractivity contribution in [1.29, 1.82) is 10.5 Å². The molecule has 0 bridgehead atoms. The Hall–Kier alpha value is -5.84. The van der Waals surface area contributed by atoms with Crippen molar-refractivity contribution in [3.63, 3.8) is 0 Å². The highest BCUT2D eigenvalue weighted by atomic mass is 15.0. The molecule has 2 aliphatic carbocycles. The van der Waals surface area contributed by atoms with Crippen molar-refractivity contribution in [3.8, 4) is 29.0 Å². The van der Waals surface area contributed by atoms with E-state index in [9.17, 15) is 10.5 Å². The zero-order valence-corrected chi connectivity index (χ0v) is 27.3. The lowest BCUT2D eigenvalue weighted by atomic mass is 9.82. The summed E-state index contributed by atoms with van der Waals surface area (Å²) < 4.78 is 4.78. The van der Waals surface area contributed by atoms with Gasteiger partial charge in [0.25, 0.3) is 0 Å². The Labute approximate surface area is 281 Å². The smallest absolute Gasteiger partial charge is 0.0991 e. The van der Waals surface area contributed by atoms with Crippen molar-refractivity contribution < 1.29 is 0 Å². The first kappa shape index (κ1) is 29.6. The molecule has 0 saturated heterocycles. The highest BCUT2D eigenvalue weighted by Crippen LogP contribution is 2.44. The Bertz CT molecular complexity index is 2410. The molecular weight excluding hydrogens is 585 g/mol. The second-order valence-electron chi connectivity index (χ2n) is 12.9. The minimum Gasteiger partial charge on any atom is -0.332 e. The molecule has 0 N–H and O–H groups in total. The molecule has 0 amide bonds. The van der Waals surface area contributed by atoms with E-state index in [2.05, 4.69) is 132 Å². The molecule has 232 valence electrons. The van der Waals surface area contributed by atoms with Crippen LogP contribution in [0.1, 0.15) is 65.4 Å². The van der Waals surface area contributed by atoms with Gasteiger partial charge in [-0.3, -0.25) is 0 Å². The van der Waals surface area contributed by atoms with Crippen molar-refractivity contribution in [2.24, 2.45) is 0 Å². The number of hydrogen-bond acceptors (Lipinski definition) is 2. The van der Waals surface area contributed by atoms with E-state index in [1.54, 1.807) is 0 Å². The van der Waals surface area contributed by atoms with Gasteiger partial charge < -0.3 is 9.13 Å². The van der Waals surface area contributed by atoms with Crippen molar-refractivity contribution in [1.82, 2.24) is 9.13 Å². The molecule has 2 aliphatic rings. The molecule has 2 aromatic heterocycles. The molecule has 48 heavy (non-hydrogen) atoms. The first-order chi connectivity index (χ1) is 23.6. The first-order valence-electron chi connectivity index (χ1n) is 16.9. The van der Waals surface area contributed by atoms with E-state index in [-0.39, 0.29) is 12.0 Å². The Morgan fingerprint density at radius 2 is 1.62 bits per heavy atom. The Morgan fingerprint density at radius 1 is 0.833 bits per heavy atom. The van der Waals surface area contributed by atoms with Gasteiger partial charge in [-0.05, 0) is 90.9 Å². The Balaban J connectivity index is 1.27. The number of aryl methyl sites for hydroxylation is 1. The van der Waals surface area contributed by atoms with Gasteiger partial charge in [-0.1, -0.05) is 92.2 Å². The zero-order valence-electron chi connectivity index (χ0n) is 27.3. The Morgan fingerprint density at radius 3 is 2.46 bits per heavy atom. The van der Waals surface area contributed by atoms with Gasteiger partial charge in [-0.15, -0.1) is 0 Å². The van der Waals surface area contributed by atoms with Crippen LogP contribution in [0.15, 0.2) is 121 Å². The summed E-state index contributed by atoms with van der Waals surface area (Å²) in [5, 5.41) is 22.3. The predicted molar refractivity (Wildman–Crippen MR) is 196 cm³/mol. The summed E-state index contributed by atoms with van der Waals surface area (Å²) in [6.07, 6.45) is 14.4. The molecular formula is C44H36N4. The van der Waals surface area contributed by atoms with E-state index in [1.807, 2.05) is 24.3 Å². The molecule has 8 rings (SSSR count). The number of nitriles is 2. The summed E-state index contributed by atoms with van der Waals surface area (Å²) >= 11 is 0. The molecule has 4 aromatic carbocycles. The molecule has 0 spiro atoms. The van der Waals surface area contributed by atoms with Crippen molar-refractivity contribution in [3.05, 3.63) is 155 Å². The lowest BCUT2D eigenvalue weighted by Crippen LogP contribution is -2.15. The second kappa shape index (κ2) is 12.1. The molecule has 4 nitrogen and oxygen atoms in total. The minimum atomic E-state index is -0.0724. The standard InChI is InChI=1S/C44H36N4/c1-3-12-33-29(2)47(41-19-10-7-16-36(33)41)42-20-11-8-17-37(42)35-15-6-5-14-34(35)31-22-24-44-39(26-31)38-25-30(27-45)21-23-43(38)48(44)40-18-9-4-13-32(40)28-46/h4-11,13-17,19-25,31,40H,3,12,18,26H2,1-2H3. The number of aromatic nitrogens is 2. The first-order valence-corrected chi connectivity index (χ1v) is 16.9. The van der Waals surface area contributed by atoms with Crippen LogP contribution in [-0.4, -0.2) is 9.13 Å². The van der Waals surface area contributed by atoms with Gasteiger partial charge in [0, 0.05) is 39.2 Å². The van der Waals surface area contributed by atoms with E-state index in [0.29, 0.717) is 5.56 Å². The number of para-hydroxylation sites is 2. The molecule has 6 aromatic rings. The molecule has 2 atom stereocenters. The normalized spacial score (nSPS) is 16.9. The van der Waals surface area contributed by atoms with E-state index < -0.39 is 0 Å². The summed E-state index contributed by atoms with van der Waals surface area (Å²) in [5.41, 5.74) is 13.7. The Kier molecular flexibility index (Phi) is 7.43. The van der Waals surface area contributed by atoms with Gasteiger partial charge in [0.2, 0.25) is 0 Å². The third-order valence-electron chi connectivity index (χ3n) is 10.3. The average Bonchev–Trinajstić information content (AvgIpc) is 3.61. The van der Waals surface area contributed by atoms with Gasteiger partial charge in [0.15, 0.2) is 0 Å². The predicted octanol–water partition coefficient (Wildman–Crippen LogP) is 10.7. The summed E-state index contributed by atoms with van der Waals surface area (Å²) in [6, 6.07) is 37.2. The SMILES string of the molecule is CCCc1c(C)n(-c2ccccc2-c2ccccc2C2C=Cc3c(c4cc(C#N)ccc4n3C3CC=CC=C3C#N)C2)c2ccccc12. The molecule has 0 aliphatic heterocycles. The van der Waals surface area contributed by atoms with Crippen LogP contribution < -0.4 is 0 Å². The lowest BCUT2D eigenvalue weighted by Gasteiger charge is -2.26. The van der Waals surface area contributed by atoms with Gasteiger partial charge in [-0.2, -0.15) is 10.5 Å². The summed E-state index contributed by atoms with van der Waals surface area (Å²) in [5.74, 6) is 0.141. The van der Waals surface area contributed by atoms with Gasteiger partial charge in [0.1, 0.15) is 0 Å². The quantitative estimate of drug-likeness (QED) is 0.186. The van der Waals surface area contributed by atoms with E-state index in [0.717, 1.165) is 47.9 Å². The number of fused-ring (bicyclic) bond motifs is 4. The van der Waals surface area contributed by atoms with Crippen LogP contribution in [0.3, 0.4) is 0 Å². The highest BCUT2D eigenvalue weighted by Gasteiger charge is 2.29. The molecule has 2 heterocycles. The van der Waals surface area contributed by atoms with Gasteiger partial charge in [0.05, 0.1) is 40.5 Å². The fourth-order valence-electron chi connectivity index (χ4n) is 8.16. The largest absolute Gasteiger partial charge is 0.332 e. The van der Waals surface area contributed by atoms with Crippen molar-refractivity contribution >= 4 is 27.9 Å². The van der Waals surface area contributed by atoms with Crippen LogP contribution >= 0.6 is 0 Å². The van der Waals surface area contributed by atoms with Gasteiger partial charge >= 0.3 is 0 Å². The number of allylic oxidation sites excluding steroid dienone is 5. The maximum atomic E-state index is 10.0. The summed E-state index contributed by atoms with van der Waals surface area (Å²) in [7, 11) is 0. The van der Waals surface area contributed by atoms with E-state index >= 15 is 0 Å². The number of rotatable bonds is 6. The molecule has 4 heteroatoms. The van der Waals surface area contributed by atoms with Crippen molar-refractivity contribution in [2.75, 3.05) is 0 Å². The van der Waals surface area contributed by atoms with Gasteiger partial charge in [-0.25, -0.2) is 0 Å². The third-order valence-corrected chi connectivity index (χ3v) is 10.3. The number of benzene rings is 4. The summed E-state index contributed by atoms with van der Waals surface area (Å²) in [6.45, 7) is 4.52. The van der Waals surface area contributed by atoms with Crippen LogP contribution in [0.5, 0.6) is 0 Å². The third kappa shape index (κ3) is 4.64.